The van der Waals surface area contributed by atoms with Crippen molar-refractivity contribution >= 4 is 52.0 Å². The van der Waals surface area contributed by atoms with Gasteiger partial charge in [0.05, 0.1) is 11.3 Å². The summed E-state index contributed by atoms with van der Waals surface area (Å²) < 4.78 is 0. The van der Waals surface area contributed by atoms with E-state index < -0.39 is 11.8 Å². The average molecular weight is 437 g/mol. The van der Waals surface area contributed by atoms with Crippen LogP contribution >= 0.6 is 23.2 Å². The molecule has 0 saturated carbocycles. The number of nitrogens with one attached hydrogen (secondary N) is 1. The van der Waals surface area contributed by atoms with Gasteiger partial charge in [0.2, 0.25) is 0 Å². The van der Waals surface area contributed by atoms with Gasteiger partial charge in [0, 0.05) is 15.7 Å². The van der Waals surface area contributed by atoms with E-state index in [1.165, 1.54) is 0 Å². The third-order valence-electron chi connectivity index (χ3n) is 5.04. The number of halogens is 2. The summed E-state index contributed by atoms with van der Waals surface area (Å²) in [6, 6.07) is 19.5. The van der Waals surface area contributed by atoms with Crippen LogP contribution in [-0.4, -0.2) is 11.8 Å². The number of amides is 2. The van der Waals surface area contributed by atoms with Crippen molar-refractivity contribution in [1.29, 1.82) is 0 Å². The average Bonchev–Trinajstić information content (AvgIpc) is 2.97. The second-order valence-electron chi connectivity index (χ2n) is 7.08. The lowest BCUT2D eigenvalue weighted by Gasteiger charge is -2.16. The van der Waals surface area contributed by atoms with Gasteiger partial charge in [0.25, 0.3) is 11.8 Å². The Bertz CT molecular complexity index is 1180. The molecule has 0 aromatic heterocycles. The molecule has 6 heteroatoms. The summed E-state index contributed by atoms with van der Waals surface area (Å²) in [5, 5.41) is 4.26. The molecule has 0 saturated heterocycles. The van der Waals surface area contributed by atoms with Crippen LogP contribution in [0.25, 0.3) is 5.57 Å². The first-order valence-corrected chi connectivity index (χ1v) is 10.1. The van der Waals surface area contributed by atoms with E-state index in [2.05, 4.69) is 5.32 Å². The van der Waals surface area contributed by atoms with Crippen molar-refractivity contribution in [3.8, 4) is 0 Å². The van der Waals surface area contributed by atoms with Crippen LogP contribution in [0.4, 0.5) is 11.4 Å². The Labute approximate surface area is 184 Å². The summed E-state index contributed by atoms with van der Waals surface area (Å²) in [6.07, 6.45) is 0. The van der Waals surface area contributed by atoms with Gasteiger partial charge < -0.3 is 5.32 Å². The number of rotatable bonds is 4. The highest BCUT2D eigenvalue weighted by Crippen LogP contribution is 2.35. The smallest absolute Gasteiger partial charge is 0.282 e. The molecule has 1 N–H and O–H groups in total. The van der Waals surface area contributed by atoms with Gasteiger partial charge in [-0.05, 0) is 61.4 Å². The molecule has 3 aromatic carbocycles. The van der Waals surface area contributed by atoms with Crippen molar-refractivity contribution in [2.75, 3.05) is 10.2 Å². The molecule has 150 valence electrons. The van der Waals surface area contributed by atoms with Crippen molar-refractivity contribution in [1.82, 2.24) is 0 Å². The Kier molecular flexibility index (Phi) is 5.37. The molecule has 2 amide bonds. The van der Waals surface area contributed by atoms with Gasteiger partial charge in [0.15, 0.2) is 0 Å². The van der Waals surface area contributed by atoms with E-state index in [1.54, 1.807) is 36.4 Å². The molecular weight excluding hydrogens is 419 g/mol. The van der Waals surface area contributed by atoms with E-state index in [-0.39, 0.29) is 5.70 Å². The molecule has 0 fully saturated rings. The van der Waals surface area contributed by atoms with Gasteiger partial charge in [-0.15, -0.1) is 0 Å². The molecule has 3 aromatic rings. The number of carbonyl (C=O) groups is 2. The van der Waals surface area contributed by atoms with Crippen LogP contribution in [0.15, 0.2) is 72.4 Å². The topological polar surface area (TPSA) is 49.4 Å². The molecule has 4 rings (SSSR count). The zero-order valence-electron chi connectivity index (χ0n) is 16.4. The van der Waals surface area contributed by atoms with Crippen LogP contribution in [0.2, 0.25) is 10.0 Å². The highest BCUT2D eigenvalue weighted by atomic mass is 35.5. The first-order valence-electron chi connectivity index (χ1n) is 9.34. The molecule has 0 unspecified atom stereocenters. The van der Waals surface area contributed by atoms with Crippen molar-refractivity contribution in [2.45, 2.75) is 13.8 Å². The molecule has 1 heterocycles. The minimum atomic E-state index is -0.433. The molecule has 0 aliphatic carbocycles. The van der Waals surface area contributed by atoms with Crippen molar-refractivity contribution < 1.29 is 9.59 Å². The lowest BCUT2D eigenvalue weighted by molar-refractivity contribution is -0.120. The van der Waals surface area contributed by atoms with E-state index in [1.807, 2.05) is 44.2 Å². The molecule has 0 spiro atoms. The summed E-state index contributed by atoms with van der Waals surface area (Å²) in [6.45, 7) is 3.82. The van der Waals surface area contributed by atoms with Gasteiger partial charge in [-0.25, -0.2) is 4.90 Å². The molecule has 0 atom stereocenters. The standard InChI is InChI=1S/C24H18Cl2N2O2/c1-14-6-8-16(9-7-14)21-22(27-20-5-3-4-19(26)15(20)2)24(30)28(23(21)29)18-12-10-17(25)11-13-18/h3-13,27H,1-2H3. The number of carbonyl (C=O) groups excluding carboxylic acids is 2. The first kappa shape index (κ1) is 20.2. The molecule has 1 aliphatic heterocycles. The molecule has 30 heavy (non-hydrogen) atoms. The first-order chi connectivity index (χ1) is 14.4. The minimum absolute atomic E-state index is 0.212. The SMILES string of the molecule is Cc1ccc(C2=C(Nc3cccc(Cl)c3C)C(=O)N(c3ccc(Cl)cc3)C2=O)cc1. The van der Waals surface area contributed by atoms with E-state index in [4.69, 9.17) is 23.2 Å². The third-order valence-corrected chi connectivity index (χ3v) is 5.70. The lowest BCUT2D eigenvalue weighted by Crippen LogP contribution is -2.32. The second kappa shape index (κ2) is 7.98. The molecule has 0 bridgehead atoms. The Morgan fingerprint density at radius 2 is 1.47 bits per heavy atom. The third kappa shape index (κ3) is 3.60. The molecule has 4 nitrogen and oxygen atoms in total. The van der Waals surface area contributed by atoms with E-state index in [0.717, 1.165) is 16.0 Å². The molecular formula is C24H18Cl2N2O2. The summed E-state index contributed by atoms with van der Waals surface area (Å²) >= 11 is 12.2. The van der Waals surface area contributed by atoms with Gasteiger partial charge in [-0.3, -0.25) is 9.59 Å². The number of benzene rings is 3. The van der Waals surface area contributed by atoms with Gasteiger partial charge >= 0.3 is 0 Å². The number of anilines is 2. The zero-order valence-corrected chi connectivity index (χ0v) is 17.9. The van der Waals surface area contributed by atoms with Crippen molar-refractivity contribution in [2.24, 2.45) is 0 Å². The maximum atomic E-state index is 13.4. The number of hydrogen-bond donors (Lipinski definition) is 1. The number of imide groups is 1. The fourth-order valence-corrected chi connectivity index (χ4v) is 3.64. The van der Waals surface area contributed by atoms with E-state index in [0.29, 0.717) is 32.6 Å². The van der Waals surface area contributed by atoms with Crippen LogP contribution in [0, 0.1) is 13.8 Å². The maximum Gasteiger partial charge on any atom is 0.282 e. The number of hydrogen-bond acceptors (Lipinski definition) is 3. The highest BCUT2D eigenvalue weighted by Gasteiger charge is 2.40. The Balaban J connectivity index is 1.84. The minimum Gasteiger partial charge on any atom is -0.350 e. The van der Waals surface area contributed by atoms with Crippen LogP contribution in [0.5, 0.6) is 0 Å². The normalized spacial score (nSPS) is 13.9. The Hall–Kier alpha value is -3.08. The summed E-state index contributed by atoms with van der Waals surface area (Å²) in [7, 11) is 0. The Morgan fingerprint density at radius 1 is 0.800 bits per heavy atom. The largest absolute Gasteiger partial charge is 0.350 e. The van der Waals surface area contributed by atoms with Crippen LogP contribution < -0.4 is 10.2 Å². The predicted octanol–water partition coefficient (Wildman–Crippen LogP) is 6.01. The quantitative estimate of drug-likeness (QED) is 0.509. The maximum absolute atomic E-state index is 13.4. The zero-order chi connectivity index (χ0) is 21.4. The summed E-state index contributed by atoms with van der Waals surface area (Å²) in [5.41, 5.74) is 4.17. The number of aryl methyl sites for hydroxylation is 1. The fraction of sp³-hybridized carbons (Fsp3) is 0.0833. The van der Waals surface area contributed by atoms with Gasteiger partial charge in [0.1, 0.15) is 5.70 Å². The van der Waals surface area contributed by atoms with Crippen molar-refractivity contribution in [3.05, 3.63) is 99.2 Å². The summed E-state index contributed by atoms with van der Waals surface area (Å²) in [4.78, 5) is 27.9. The number of nitrogens with zero attached hydrogens (tertiary/aromatic N) is 1. The van der Waals surface area contributed by atoms with E-state index >= 15 is 0 Å². The van der Waals surface area contributed by atoms with Crippen molar-refractivity contribution in [3.63, 3.8) is 0 Å². The van der Waals surface area contributed by atoms with Gasteiger partial charge in [-0.2, -0.15) is 0 Å². The van der Waals surface area contributed by atoms with Crippen LogP contribution in [-0.2, 0) is 9.59 Å². The Morgan fingerprint density at radius 3 is 2.13 bits per heavy atom. The predicted molar refractivity (Wildman–Crippen MR) is 122 cm³/mol. The van der Waals surface area contributed by atoms with E-state index in [9.17, 15) is 9.59 Å². The summed E-state index contributed by atoms with van der Waals surface area (Å²) in [5.74, 6) is -0.828. The monoisotopic (exact) mass is 436 g/mol. The lowest BCUT2D eigenvalue weighted by atomic mass is 10.0. The van der Waals surface area contributed by atoms with Crippen LogP contribution in [0.1, 0.15) is 16.7 Å². The fourth-order valence-electron chi connectivity index (χ4n) is 3.34. The highest BCUT2D eigenvalue weighted by molar-refractivity contribution is 6.46. The van der Waals surface area contributed by atoms with Gasteiger partial charge in [-0.1, -0.05) is 59.1 Å². The second-order valence-corrected chi connectivity index (χ2v) is 7.92. The molecule has 0 radical (unpaired) electrons. The molecule has 1 aliphatic rings. The van der Waals surface area contributed by atoms with Crippen LogP contribution in [0.3, 0.4) is 0 Å².